The standard InChI is InChI=1S/C16H20O4/c1-19-14-5-3-12(4-6-14)11-16(15(18)20-2)9-7-13(17)8-10-16/h3-6H,7-11H2,1-2H3. The lowest BCUT2D eigenvalue weighted by Gasteiger charge is -2.34. The van der Waals surface area contributed by atoms with Crippen LogP contribution in [0.25, 0.3) is 0 Å². The molecule has 1 saturated carbocycles. The summed E-state index contributed by atoms with van der Waals surface area (Å²) in [5.41, 5.74) is 0.502. The number of ether oxygens (including phenoxy) is 2. The van der Waals surface area contributed by atoms with Crippen molar-refractivity contribution in [3.05, 3.63) is 29.8 Å². The van der Waals surface area contributed by atoms with E-state index < -0.39 is 5.41 Å². The van der Waals surface area contributed by atoms with Crippen molar-refractivity contribution in [2.75, 3.05) is 14.2 Å². The Hall–Kier alpha value is -1.84. The van der Waals surface area contributed by atoms with E-state index in [2.05, 4.69) is 0 Å². The number of hydrogen-bond donors (Lipinski definition) is 0. The summed E-state index contributed by atoms with van der Waals surface area (Å²) in [5.74, 6) is 0.819. The van der Waals surface area contributed by atoms with E-state index in [1.165, 1.54) is 7.11 Å². The molecule has 2 rings (SSSR count). The minimum atomic E-state index is -0.558. The molecule has 1 aromatic rings. The summed E-state index contributed by atoms with van der Waals surface area (Å²) in [5, 5.41) is 0. The van der Waals surface area contributed by atoms with Gasteiger partial charge in [0, 0.05) is 12.8 Å². The maximum absolute atomic E-state index is 12.2. The highest BCUT2D eigenvalue weighted by atomic mass is 16.5. The summed E-state index contributed by atoms with van der Waals surface area (Å²) >= 11 is 0. The van der Waals surface area contributed by atoms with E-state index in [1.54, 1.807) is 7.11 Å². The molecular weight excluding hydrogens is 256 g/mol. The zero-order valence-corrected chi connectivity index (χ0v) is 12.0. The Morgan fingerprint density at radius 1 is 1.15 bits per heavy atom. The number of carbonyl (C=O) groups is 2. The molecule has 0 atom stereocenters. The van der Waals surface area contributed by atoms with Gasteiger partial charge in [0.25, 0.3) is 0 Å². The first-order valence-corrected chi connectivity index (χ1v) is 6.83. The molecule has 1 aromatic carbocycles. The first kappa shape index (κ1) is 14.6. The Morgan fingerprint density at radius 3 is 2.25 bits per heavy atom. The van der Waals surface area contributed by atoms with Crippen molar-refractivity contribution in [3.8, 4) is 5.75 Å². The Labute approximate surface area is 119 Å². The van der Waals surface area contributed by atoms with E-state index in [4.69, 9.17) is 9.47 Å². The maximum atomic E-state index is 12.2. The van der Waals surface area contributed by atoms with Crippen LogP contribution >= 0.6 is 0 Å². The molecule has 0 heterocycles. The maximum Gasteiger partial charge on any atom is 0.312 e. The molecule has 1 aliphatic rings. The predicted molar refractivity (Wildman–Crippen MR) is 74.6 cm³/mol. The van der Waals surface area contributed by atoms with Crippen LogP contribution in [0, 0.1) is 5.41 Å². The van der Waals surface area contributed by atoms with E-state index in [0.717, 1.165) is 11.3 Å². The van der Waals surface area contributed by atoms with Crippen LogP contribution in [-0.2, 0) is 20.7 Å². The molecule has 1 aliphatic carbocycles. The third kappa shape index (κ3) is 3.00. The zero-order valence-electron chi connectivity index (χ0n) is 12.0. The SMILES string of the molecule is COC(=O)C1(Cc2ccc(OC)cc2)CCC(=O)CC1. The number of rotatable bonds is 4. The van der Waals surface area contributed by atoms with Crippen molar-refractivity contribution in [2.45, 2.75) is 32.1 Å². The van der Waals surface area contributed by atoms with Crippen molar-refractivity contribution < 1.29 is 19.1 Å². The molecule has 20 heavy (non-hydrogen) atoms. The summed E-state index contributed by atoms with van der Waals surface area (Å²) in [7, 11) is 3.03. The molecule has 108 valence electrons. The molecule has 0 aliphatic heterocycles. The zero-order chi connectivity index (χ0) is 14.6. The highest BCUT2D eigenvalue weighted by Crippen LogP contribution is 2.39. The minimum absolute atomic E-state index is 0.208. The topological polar surface area (TPSA) is 52.6 Å². The summed E-state index contributed by atoms with van der Waals surface area (Å²) in [6.07, 6.45) is 2.68. The summed E-state index contributed by atoms with van der Waals surface area (Å²) < 4.78 is 10.1. The number of Topliss-reactive ketones (excluding diaryl/α,β-unsaturated/α-hetero) is 1. The van der Waals surface area contributed by atoms with Gasteiger partial charge in [-0.15, -0.1) is 0 Å². The van der Waals surface area contributed by atoms with Crippen LogP contribution in [0.1, 0.15) is 31.2 Å². The molecule has 0 aromatic heterocycles. The van der Waals surface area contributed by atoms with E-state index in [9.17, 15) is 9.59 Å². The van der Waals surface area contributed by atoms with Gasteiger partial charge in [0.15, 0.2) is 0 Å². The van der Waals surface area contributed by atoms with Crippen LogP contribution < -0.4 is 4.74 Å². The van der Waals surface area contributed by atoms with E-state index in [0.29, 0.717) is 32.1 Å². The van der Waals surface area contributed by atoms with Gasteiger partial charge in [0.1, 0.15) is 11.5 Å². The molecule has 0 unspecified atom stereocenters. The number of esters is 1. The lowest BCUT2D eigenvalue weighted by atomic mass is 9.70. The van der Waals surface area contributed by atoms with Crippen LogP contribution in [0.4, 0.5) is 0 Å². The number of methoxy groups -OCH3 is 2. The number of benzene rings is 1. The van der Waals surface area contributed by atoms with Crippen LogP contribution in [0.15, 0.2) is 24.3 Å². The first-order chi connectivity index (χ1) is 9.59. The van der Waals surface area contributed by atoms with E-state index >= 15 is 0 Å². The predicted octanol–water partition coefficient (Wildman–Crippen LogP) is 2.54. The number of carbonyl (C=O) groups excluding carboxylic acids is 2. The molecule has 0 N–H and O–H groups in total. The monoisotopic (exact) mass is 276 g/mol. The fraction of sp³-hybridized carbons (Fsp3) is 0.500. The fourth-order valence-corrected chi connectivity index (χ4v) is 2.81. The van der Waals surface area contributed by atoms with Crippen molar-refractivity contribution in [1.82, 2.24) is 0 Å². The number of ketones is 1. The van der Waals surface area contributed by atoms with Gasteiger partial charge >= 0.3 is 5.97 Å². The summed E-state index contributed by atoms with van der Waals surface area (Å²) in [6.45, 7) is 0. The van der Waals surface area contributed by atoms with Crippen LogP contribution in [-0.4, -0.2) is 26.0 Å². The summed E-state index contributed by atoms with van der Waals surface area (Å²) in [6, 6.07) is 7.68. The second kappa shape index (κ2) is 6.07. The molecule has 0 amide bonds. The Morgan fingerprint density at radius 2 is 1.75 bits per heavy atom. The van der Waals surface area contributed by atoms with Gasteiger partial charge in [-0.1, -0.05) is 12.1 Å². The van der Waals surface area contributed by atoms with E-state index in [1.807, 2.05) is 24.3 Å². The van der Waals surface area contributed by atoms with Gasteiger partial charge in [-0.25, -0.2) is 0 Å². The Kier molecular flexibility index (Phi) is 4.42. The van der Waals surface area contributed by atoms with Crippen LogP contribution in [0.2, 0.25) is 0 Å². The molecule has 4 nitrogen and oxygen atoms in total. The second-order valence-electron chi connectivity index (χ2n) is 5.34. The molecule has 1 fully saturated rings. The smallest absolute Gasteiger partial charge is 0.312 e. The van der Waals surface area contributed by atoms with Gasteiger partial charge in [-0.2, -0.15) is 0 Å². The average Bonchev–Trinajstić information content (AvgIpc) is 2.49. The lowest BCUT2D eigenvalue weighted by molar-refractivity contribution is -0.155. The molecule has 0 radical (unpaired) electrons. The third-order valence-corrected chi connectivity index (χ3v) is 4.08. The highest BCUT2D eigenvalue weighted by molar-refractivity contribution is 5.84. The van der Waals surface area contributed by atoms with Gasteiger partial charge in [-0.05, 0) is 37.0 Å². The quantitative estimate of drug-likeness (QED) is 0.793. The molecule has 4 heteroatoms. The Balaban J connectivity index is 2.19. The fourth-order valence-electron chi connectivity index (χ4n) is 2.81. The third-order valence-electron chi connectivity index (χ3n) is 4.08. The minimum Gasteiger partial charge on any atom is -0.497 e. The van der Waals surface area contributed by atoms with Crippen molar-refractivity contribution >= 4 is 11.8 Å². The number of hydrogen-bond acceptors (Lipinski definition) is 4. The van der Waals surface area contributed by atoms with Crippen molar-refractivity contribution in [1.29, 1.82) is 0 Å². The van der Waals surface area contributed by atoms with Gasteiger partial charge in [-0.3, -0.25) is 9.59 Å². The second-order valence-corrected chi connectivity index (χ2v) is 5.34. The molecular formula is C16H20O4. The van der Waals surface area contributed by atoms with Gasteiger partial charge < -0.3 is 9.47 Å². The van der Waals surface area contributed by atoms with Gasteiger partial charge in [0.05, 0.1) is 19.6 Å². The lowest BCUT2D eigenvalue weighted by Crippen LogP contribution is -2.38. The first-order valence-electron chi connectivity index (χ1n) is 6.83. The van der Waals surface area contributed by atoms with Crippen LogP contribution in [0.5, 0.6) is 5.75 Å². The Bertz CT molecular complexity index is 480. The highest BCUT2D eigenvalue weighted by Gasteiger charge is 2.42. The van der Waals surface area contributed by atoms with Crippen molar-refractivity contribution in [2.24, 2.45) is 5.41 Å². The molecule has 0 spiro atoms. The normalized spacial score (nSPS) is 17.6. The van der Waals surface area contributed by atoms with E-state index in [-0.39, 0.29) is 11.8 Å². The largest absolute Gasteiger partial charge is 0.497 e. The molecule has 0 saturated heterocycles. The average molecular weight is 276 g/mol. The van der Waals surface area contributed by atoms with Crippen molar-refractivity contribution in [3.63, 3.8) is 0 Å². The van der Waals surface area contributed by atoms with Gasteiger partial charge in [0.2, 0.25) is 0 Å². The molecule has 0 bridgehead atoms. The summed E-state index contributed by atoms with van der Waals surface area (Å²) in [4.78, 5) is 23.6. The van der Waals surface area contributed by atoms with Crippen LogP contribution in [0.3, 0.4) is 0 Å².